The van der Waals surface area contributed by atoms with Crippen LogP contribution >= 0.6 is 11.6 Å². The van der Waals surface area contributed by atoms with Gasteiger partial charge < -0.3 is 10.2 Å². The number of halogens is 2. The van der Waals surface area contributed by atoms with Crippen LogP contribution in [0.3, 0.4) is 0 Å². The fourth-order valence-corrected chi connectivity index (χ4v) is 3.97. The molecule has 0 spiro atoms. The van der Waals surface area contributed by atoms with E-state index >= 15 is 0 Å². The maximum Gasteiger partial charge on any atom is 0.235 e. The molecule has 1 aliphatic heterocycles. The van der Waals surface area contributed by atoms with Gasteiger partial charge in [0.25, 0.3) is 0 Å². The standard InChI is InChI=1S/C18H22ClFN2O2/c19-13-8-12(9-14(20)10-13)11-21-17(23)16-6-7-22(18(16)24)15-4-2-1-3-5-15/h8-10,15-16H,1-7,11H2,(H,21,23). The van der Waals surface area contributed by atoms with Crippen LogP contribution in [0.15, 0.2) is 18.2 Å². The zero-order valence-electron chi connectivity index (χ0n) is 13.6. The molecule has 2 amide bonds. The summed E-state index contributed by atoms with van der Waals surface area (Å²) in [6.07, 6.45) is 6.20. The highest BCUT2D eigenvalue weighted by molar-refractivity contribution is 6.30. The minimum atomic E-state index is -0.615. The molecule has 0 radical (unpaired) electrons. The molecule has 1 unspecified atom stereocenters. The summed E-state index contributed by atoms with van der Waals surface area (Å²) in [6, 6.07) is 4.45. The first-order chi connectivity index (χ1) is 11.5. The van der Waals surface area contributed by atoms with Crippen LogP contribution in [0.2, 0.25) is 5.02 Å². The Morgan fingerprint density at radius 2 is 1.96 bits per heavy atom. The highest BCUT2D eigenvalue weighted by atomic mass is 35.5. The molecule has 1 aliphatic carbocycles. The van der Waals surface area contributed by atoms with E-state index in [-0.39, 0.29) is 18.4 Å². The van der Waals surface area contributed by atoms with Gasteiger partial charge in [0.15, 0.2) is 0 Å². The molecule has 0 aromatic heterocycles. The van der Waals surface area contributed by atoms with Gasteiger partial charge in [0.2, 0.25) is 11.8 Å². The van der Waals surface area contributed by atoms with Crippen LogP contribution in [-0.4, -0.2) is 29.3 Å². The van der Waals surface area contributed by atoms with Gasteiger partial charge in [-0.15, -0.1) is 0 Å². The summed E-state index contributed by atoms with van der Waals surface area (Å²) >= 11 is 5.81. The zero-order chi connectivity index (χ0) is 17.1. The lowest BCUT2D eigenvalue weighted by Gasteiger charge is -2.31. The third-order valence-electron chi connectivity index (χ3n) is 4.96. The molecule has 1 saturated carbocycles. The number of benzene rings is 1. The number of amides is 2. The Labute approximate surface area is 146 Å². The molecule has 0 bridgehead atoms. The first-order valence-electron chi connectivity index (χ1n) is 8.58. The van der Waals surface area contributed by atoms with Crippen molar-refractivity contribution in [2.45, 2.75) is 51.1 Å². The maximum atomic E-state index is 13.3. The van der Waals surface area contributed by atoms with E-state index in [9.17, 15) is 14.0 Å². The van der Waals surface area contributed by atoms with E-state index in [1.807, 2.05) is 4.90 Å². The minimum absolute atomic E-state index is 0.0586. The van der Waals surface area contributed by atoms with Gasteiger partial charge in [0.1, 0.15) is 11.7 Å². The Morgan fingerprint density at radius 3 is 2.67 bits per heavy atom. The third-order valence-corrected chi connectivity index (χ3v) is 5.18. The molecule has 2 aliphatic rings. The molecule has 1 aromatic carbocycles. The van der Waals surface area contributed by atoms with Crippen molar-refractivity contribution in [1.82, 2.24) is 10.2 Å². The summed E-state index contributed by atoms with van der Waals surface area (Å²) in [5.41, 5.74) is 0.586. The van der Waals surface area contributed by atoms with Crippen molar-refractivity contribution in [1.29, 1.82) is 0 Å². The van der Waals surface area contributed by atoms with Crippen LogP contribution in [0.5, 0.6) is 0 Å². The van der Waals surface area contributed by atoms with Gasteiger partial charge in [0.05, 0.1) is 0 Å². The maximum absolute atomic E-state index is 13.3. The summed E-state index contributed by atoms with van der Waals surface area (Å²) in [7, 11) is 0. The lowest BCUT2D eigenvalue weighted by atomic mass is 9.94. The number of hydrogen-bond acceptors (Lipinski definition) is 2. The fraction of sp³-hybridized carbons (Fsp3) is 0.556. The highest BCUT2D eigenvalue weighted by Gasteiger charge is 2.39. The number of likely N-dealkylation sites (tertiary alicyclic amines) is 1. The average molecular weight is 353 g/mol. The van der Waals surface area contributed by atoms with E-state index in [4.69, 9.17) is 11.6 Å². The second-order valence-corrected chi connectivity index (χ2v) is 7.10. The van der Waals surface area contributed by atoms with Crippen molar-refractivity contribution in [2.75, 3.05) is 6.54 Å². The van der Waals surface area contributed by atoms with Gasteiger partial charge in [-0.2, -0.15) is 0 Å². The van der Waals surface area contributed by atoms with Crippen LogP contribution < -0.4 is 5.32 Å². The number of rotatable bonds is 4. The van der Waals surface area contributed by atoms with E-state index < -0.39 is 11.7 Å². The van der Waals surface area contributed by atoms with Crippen LogP contribution in [-0.2, 0) is 16.1 Å². The first kappa shape index (κ1) is 17.2. The van der Waals surface area contributed by atoms with E-state index in [0.717, 1.165) is 25.7 Å². The summed E-state index contributed by atoms with van der Waals surface area (Å²) in [4.78, 5) is 26.8. The number of carbonyl (C=O) groups is 2. The summed E-state index contributed by atoms with van der Waals surface area (Å²) in [5.74, 6) is -1.39. The number of nitrogens with zero attached hydrogens (tertiary/aromatic N) is 1. The minimum Gasteiger partial charge on any atom is -0.351 e. The Kier molecular flexibility index (Phi) is 5.39. The fourth-order valence-electron chi connectivity index (χ4n) is 3.73. The van der Waals surface area contributed by atoms with Crippen LogP contribution in [0, 0.1) is 11.7 Å². The van der Waals surface area contributed by atoms with Crippen molar-refractivity contribution in [3.05, 3.63) is 34.6 Å². The quantitative estimate of drug-likeness (QED) is 0.845. The Morgan fingerprint density at radius 1 is 1.21 bits per heavy atom. The molecule has 130 valence electrons. The van der Waals surface area contributed by atoms with E-state index in [2.05, 4.69) is 5.32 Å². The second kappa shape index (κ2) is 7.51. The van der Waals surface area contributed by atoms with Crippen LogP contribution in [0.1, 0.15) is 44.1 Å². The molecule has 24 heavy (non-hydrogen) atoms. The molecule has 1 N–H and O–H groups in total. The van der Waals surface area contributed by atoms with Crippen molar-refractivity contribution in [2.24, 2.45) is 5.92 Å². The summed E-state index contributed by atoms with van der Waals surface area (Å²) in [6.45, 7) is 0.830. The van der Waals surface area contributed by atoms with Crippen molar-refractivity contribution in [3.8, 4) is 0 Å². The normalized spacial score (nSPS) is 22.0. The lowest BCUT2D eigenvalue weighted by molar-refractivity contribution is -0.139. The molecule has 2 fully saturated rings. The van der Waals surface area contributed by atoms with E-state index in [1.54, 1.807) is 6.07 Å². The molecular formula is C18H22ClFN2O2. The van der Waals surface area contributed by atoms with Gasteiger partial charge in [0, 0.05) is 24.2 Å². The zero-order valence-corrected chi connectivity index (χ0v) is 14.3. The monoisotopic (exact) mass is 352 g/mol. The summed E-state index contributed by atoms with van der Waals surface area (Å²) < 4.78 is 13.3. The van der Waals surface area contributed by atoms with E-state index in [0.29, 0.717) is 29.6 Å². The highest BCUT2D eigenvalue weighted by Crippen LogP contribution is 2.28. The Hall–Kier alpha value is -1.62. The number of carbonyl (C=O) groups excluding carboxylic acids is 2. The number of nitrogens with one attached hydrogen (secondary N) is 1. The van der Waals surface area contributed by atoms with Crippen LogP contribution in [0.25, 0.3) is 0 Å². The molecule has 1 saturated heterocycles. The molecule has 6 heteroatoms. The van der Waals surface area contributed by atoms with Crippen molar-refractivity contribution in [3.63, 3.8) is 0 Å². The molecule has 1 atom stereocenters. The molecular weight excluding hydrogens is 331 g/mol. The van der Waals surface area contributed by atoms with Crippen molar-refractivity contribution >= 4 is 23.4 Å². The Bertz CT molecular complexity index is 611. The van der Waals surface area contributed by atoms with Gasteiger partial charge in [-0.3, -0.25) is 9.59 Å². The first-order valence-corrected chi connectivity index (χ1v) is 8.95. The predicted octanol–water partition coefficient (Wildman–Crippen LogP) is 3.28. The topological polar surface area (TPSA) is 49.4 Å². The summed E-state index contributed by atoms with van der Waals surface area (Å²) in [5, 5.41) is 3.03. The van der Waals surface area contributed by atoms with Gasteiger partial charge in [-0.05, 0) is 43.0 Å². The average Bonchev–Trinajstić information content (AvgIpc) is 2.94. The smallest absolute Gasteiger partial charge is 0.235 e. The number of hydrogen-bond donors (Lipinski definition) is 1. The largest absolute Gasteiger partial charge is 0.351 e. The van der Waals surface area contributed by atoms with Crippen LogP contribution in [0.4, 0.5) is 4.39 Å². The van der Waals surface area contributed by atoms with Gasteiger partial charge >= 0.3 is 0 Å². The van der Waals surface area contributed by atoms with Gasteiger partial charge in [-0.25, -0.2) is 4.39 Å². The SMILES string of the molecule is O=C(NCc1cc(F)cc(Cl)c1)C1CCN(C2CCCCC2)C1=O. The third kappa shape index (κ3) is 3.89. The molecule has 1 aromatic rings. The molecule has 4 nitrogen and oxygen atoms in total. The van der Waals surface area contributed by atoms with E-state index in [1.165, 1.54) is 18.6 Å². The molecule has 1 heterocycles. The second-order valence-electron chi connectivity index (χ2n) is 6.66. The lowest BCUT2D eigenvalue weighted by Crippen LogP contribution is -2.41. The molecule has 3 rings (SSSR count). The van der Waals surface area contributed by atoms with Gasteiger partial charge in [-0.1, -0.05) is 30.9 Å². The predicted molar refractivity (Wildman–Crippen MR) is 89.9 cm³/mol. The van der Waals surface area contributed by atoms with Crippen molar-refractivity contribution < 1.29 is 14.0 Å². The Balaban J connectivity index is 1.56.